The summed E-state index contributed by atoms with van der Waals surface area (Å²) in [6.45, 7) is 2.82. The van der Waals surface area contributed by atoms with Crippen molar-refractivity contribution < 1.29 is 24.1 Å². The summed E-state index contributed by atoms with van der Waals surface area (Å²) in [5.41, 5.74) is 3.00. The Bertz CT molecular complexity index is 1110. The molecule has 5 rings (SSSR count). The standard InChI is InChI=1S/C25H27FN2O4/c1-17-2-4-18(5-3-17)22-15-23(24(30)8-10-25(11-9-24)31-12-13-32-25)27-28(22)20-7-6-19(16-29)21(26)14-20/h2-7,14-15,29-30H,8-13,16H2,1H3. The van der Waals surface area contributed by atoms with Crippen molar-refractivity contribution in [1.29, 1.82) is 0 Å². The van der Waals surface area contributed by atoms with Gasteiger partial charge in [-0.05, 0) is 38.0 Å². The topological polar surface area (TPSA) is 76.7 Å². The molecule has 1 aliphatic heterocycles. The highest BCUT2D eigenvalue weighted by atomic mass is 19.1. The van der Waals surface area contributed by atoms with E-state index in [4.69, 9.17) is 14.6 Å². The number of nitrogens with zero attached hydrogens (tertiary/aromatic N) is 2. The van der Waals surface area contributed by atoms with E-state index in [1.54, 1.807) is 16.8 Å². The average Bonchev–Trinajstić information content (AvgIpc) is 3.45. The molecule has 0 bridgehead atoms. The SMILES string of the molecule is Cc1ccc(-c2cc(C3(O)CCC4(CC3)OCCO4)nn2-c2ccc(CO)c(F)c2)cc1. The third kappa shape index (κ3) is 3.75. The average molecular weight is 438 g/mol. The van der Waals surface area contributed by atoms with E-state index in [0.717, 1.165) is 16.8 Å². The third-order valence-corrected chi connectivity index (χ3v) is 6.64. The van der Waals surface area contributed by atoms with Gasteiger partial charge in [0.1, 0.15) is 11.4 Å². The number of hydrogen-bond donors (Lipinski definition) is 2. The van der Waals surface area contributed by atoms with Crippen molar-refractivity contribution in [2.75, 3.05) is 13.2 Å². The van der Waals surface area contributed by atoms with Crippen LogP contribution in [0.4, 0.5) is 4.39 Å². The number of aromatic nitrogens is 2. The lowest BCUT2D eigenvalue weighted by Crippen LogP contribution is -2.42. The molecule has 2 N–H and O–H groups in total. The van der Waals surface area contributed by atoms with E-state index < -0.39 is 17.2 Å². The fourth-order valence-electron chi connectivity index (χ4n) is 4.62. The number of ether oxygens (including phenoxy) is 2. The Morgan fingerprint density at radius 1 is 1.00 bits per heavy atom. The van der Waals surface area contributed by atoms with Crippen molar-refractivity contribution in [3.05, 3.63) is 71.2 Å². The summed E-state index contributed by atoms with van der Waals surface area (Å²) < 4.78 is 27.7. The molecule has 1 aromatic heterocycles. The van der Waals surface area contributed by atoms with Crippen LogP contribution in [0.25, 0.3) is 16.9 Å². The van der Waals surface area contributed by atoms with Crippen LogP contribution in [0.2, 0.25) is 0 Å². The van der Waals surface area contributed by atoms with E-state index in [0.29, 0.717) is 50.3 Å². The zero-order valence-electron chi connectivity index (χ0n) is 18.1. The van der Waals surface area contributed by atoms with Gasteiger partial charge in [-0.25, -0.2) is 9.07 Å². The Hall–Kier alpha value is -2.58. The summed E-state index contributed by atoms with van der Waals surface area (Å²) in [6.07, 6.45) is 2.12. The maximum Gasteiger partial charge on any atom is 0.168 e. The van der Waals surface area contributed by atoms with Crippen LogP contribution in [0, 0.1) is 12.7 Å². The molecule has 0 atom stereocenters. The Morgan fingerprint density at radius 3 is 2.31 bits per heavy atom. The molecule has 2 fully saturated rings. The van der Waals surface area contributed by atoms with Crippen LogP contribution in [-0.4, -0.2) is 39.0 Å². The van der Waals surface area contributed by atoms with E-state index >= 15 is 0 Å². The van der Waals surface area contributed by atoms with Crippen LogP contribution in [0.3, 0.4) is 0 Å². The third-order valence-electron chi connectivity index (χ3n) is 6.64. The fraction of sp³-hybridized carbons (Fsp3) is 0.400. The predicted molar refractivity (Wildman–Crippen MR) is 117 cm³/mol. The number of aliphatic hydroxyl groups excluding tert-OH is 1. The first-order valence-electron chi connectivity index (χ1n) is 11.0. The van der Waals surface area contributed by atoms with Crippen molar-refractivity contribution in [3.8, 4) is 16.9 Å². The molecule has 6 nitrogen and oxygen atoms in total. The van der Waals surface area contributed by atoms with Gasteiger partial charge in [0.05, 0.1) is 36.9 Å². The minimum atomic E-state index is -1.12. The smallest absolute Gasteiger partial charge is 0.168 e. The summed E-state index contributed by atoms with van der Waals surface area (Å²) in [7, 11) is 0. The fourth-order valence-corrected chi connectivity index (χ4v) is 4.62. The summed E-state index contributed by atoms with van der Waals surface area (Å²) >= 11 is 0. The van der Waals surface area contributed by atoms with Gasteiger partial charge in [-0.3, -0.25) is 0 Å². The molecule has 2 aliphatic rings. The monoisotopic (exact) mass is 438 g/mol. The summed E-state index contributed by atoms with van der Waals surface area (Å²) in [5, 5.41) is 25.6. The molecule has 1 saturated heterocycles. The first-order valence-corrected chi connectivity index (χ1v) is 11.0. The van der Waals surface area contributed by atoms with Crippen molar-refractivity contribution >= 4 is 0 Å². The largest absolute Gasteiger partial charge is 0.392 e. The second-order valence-corrected chi connectivity index (χ2v) is 8.77. The number of aryl methyl sites for hydroxylation is 1. The number of hydrogen-bond acceptors (Lipinski definition) is 5. The van der Waals surface area contributed by atoms with Crippen molar-refractivity contribution in [3.63, 3.8) is 0 Å². The Labute approximate surface area is 186 Å². The van der Waals surface area contributed by atoms with Gasteiger partial charge in [0, 0.05) is 24.0 Å². The van der Waals surface area contributed by atoms with Crippen LogP contribution in [0.15, 0.2) is 48.5 Å². The number of rotatable bonds is 4. The second kappa shape index (κ2) is 8.08. The van der Waals surface area contributed by atoms with Gasteiger partial charge in [-0.2, -0.15) is 5.10 Å². The summed E-state index contributed by atoms with van der Waals surface area (Å²) in [5.74, 6) is -1.08. The molecule has 0 unspecified atom stereocenters. The van der Waals surface area contributed by atoms with Gasteiger partial charge < -0.3 is 19.7 Å². The highest BCUT2D eigenvalue weighted by Gasteiger charge is 2.47. The van der Waals surface area contributed by atoms with Crippen molar-refractivity contribution in [2.24, 2.45) is 0 Å². The van der Waals surface area contributed by atoms with E-state index in [1.807, 2.05) is 37.3 Å². The van der Waals surface area contributed by atoms with Gasteiger partial charge in [-0.15, -0.1) is 0 Å². The summed E-state index contributed by atoms with van der Waals surface area (Å²) in [4.78, 5) is 0. The molecule has 0 radical (unpaired) electrons. The first-order chi connectivity index (χ1) is 15.4. The molecule has 2 heterocycles. The van der Waals surface area contributed by atoms with E-state index in [-0.39, 0.29) is 12.2 Å². The molecular weight excluding hydrogens is 411 g/mol. The van der Waals surface area contributed by atoms with Crippen LogP contribution >= 0.6 is 0 Å². The van der Waals surface area contributed by atoms with Crippen LogP contribution in [0.5, 0.6) is 0 Å². The van der Waals surface area contributed by atoms with Crippen molar-refractivity contribution in [2.45, 2.75) is 50.6 Å². The van der Waals surface area contributed by atoms with Gasteiger partial charge in [0.25, 0.3) is 0 Å². The van der Waals surface area contributed by atoms with Crippen LogP contribution in [-0.2, 0) is 21.7 Å². The van der Waals surface area contributed by atoms with Gasteiger partial charge in [0.2, 0.25) is 0 Å². The first kappa shape index (κ1) is 21.3. The molecule has 3 aromatic rings. The van der Waals surface area contributed by atoms with Gasteiger partial charge in [0.15, 0.2) is 5.79 Å². The number of halogens is 1. The maximum atomic E-state index is 14.5. The predicted octanol–water partition coefficient (Wildman–Crippen LogP) is 3.98. The quantitative estimate of drug-likeness (QED) is 0.644. The zero-order chi connectivity index (χ0) is 22.3. The Kier molecular flexibility index (Phi) is 5.37. The maximum absolute atomic E-state index is 14.5. The Morgan fingerprint density at radius 2 is 1.69 bits per heavy atom. The lowest BCUT2D eigenvalue weighted by Gasteiger charge is -2.39. The normalized spacial score (nSPS) is 19.5. The highest BCUT2D eigenvalue weighted by molar-refractivity contribution is 5.63. The molecule has 168 valence electrons. The molecule has 0 amide bonds. The molecule has 1 aliphatic carbocycles. The van der Waals surface area contributed by atoms with E-state index in [9.17, 15) is 14.6 Å². The van der Waals surface area contributed by atoms with Crippen LogP contribution < -0.4 is 0 Å². The minimum absolute atomic E-state index is 0.228. The van der Waals surface area contributed by atoms with Crippen LogP contribution in [0.1, 0.15) is 42.5 Å². The molecule has 2 aromatic carbocycles. The molecule has 1 spiro atoms. The van der Waals surface area contributed by atoms with E-state index in [1.165, 1.54) is 6.07 Å². The lowest BCUT2D eigenvalue weighted by atomic mass is 9.79. The van der Waals surface area contributed by atoms with Gasteiger partial charge in [-0.1, -0.05) is 35.9 Å². The molecule has 32 heavy (non-hydrogen) atoms. The highest BCUT2D eigenvalue weighted by Crippen LogP contribution is 2.45. The molecular formula is C25H27FN2O4. The molecule has 1 saturated carbocycles. The second-order valence-electron chi connectivity index (χ2n) is 8.77. The van der Waals surface area contributed by atoms with Crippen molar-refractivity contribution in [1.82, 2.24) is 9.78 Å². The number of aliphatic hydroxyl groups is 2. The van der Waals surface area contributed by atoms with E-state index in [2.05, 4.69) is 0 Å². The van der Waals surface area contributed by atoms with Gasteiger partial charge >= 0.3 is 0 Å². The number of benzene rings is 2. The minimum Gasteiger partial charge on any atom is -0.392 e. The lowest BCUT2D eigenvalue weighted by molar-refractivity contribution is -0.204. The summed E-state index contributed by atoms with van der Waals surface area (Å²) in [6, 6.07) is 14.5. The molecule has 7 heteroatoms. The zero-order valence-corrected chi connectivity index (χ0v) is 18.1. The Balaban J connectivity index is 1.55.